The maximum atomic E-state index is 14.2. The summed E-state index contributed by atoms with van der Waals surface area (Å²) in [6, 6.07) is 2.73. The van der Waals surface area contributed by atoms with E-state index in [9.17, 15) is 14.0 Å². The van der Waals surface area contributed by atoms with E-state index in [2.05, 4.69) is 10.2 Å². The second kappa shape index (κ2) is 4.86. The molecule has 0 bridgehead atoms. The molecule has 106 valence electrons. The number of rotatable bonds is 1. The van der Waals surface area contributed by atoms with Crippen LogP contribution in [0.2, 0.25) is 0 Å². The third-order valence-electron chi connectivity index (χ3n) is 3.85. The van der Waals surface area contributed by atoms with Crippen molar-refractivity contribution in [3.05, 3.63) is 23.5 Å². The number of ketones is 1. The number of amides is 1. The first-order valence-electron chi connectivity index (χ1n) is 6.69. The lowest BCUT2D eigenvalue weighted by Gasteiger charge is -2.23. The number of hydrogen-bond acceptors (Lipinski definition) is 4. The molecule has 0 atom stereocenters. The van der Waals surface area contributed by atoms with Gasteiger partial charge in [0.15, 0.2) is 0 Å². The SMILES string of the molecule is CN1CCCN(c2cc3c(cc2F)C(=O)C(=O)N3)CC1. The van der Waals surface area contributed by atoms with Crippen LogP contribution in [0.4, 0.5) is 15.8 Å². The molecule has 1 saturated heterocycles. The Morgan fingerprint density at radius 2 is 1.95 bits per heavy atom. The van der Waals surface area contributed by atoms with Crippen molar-refractivity contribution in [2.45, 2.75) is 6.42 Å². The van der Waals surface area contributed by atoms with Crippen molar-refractivity contribution in [2.75, 3.05) is 43.4 Å². The third kappa shape index (κ3) is 2.16. The molecular weight excluding hydrogens is 261 g/mol. The highest BCUT2D eigenvalue weighted by atomic mass is 19.1. The van der Waals surface area contributed by atoms with Crippen LogP contribution in [0.5, 0.6) is 0 Å². The second-order valence-corrected chi connectivity index (χ2v) is 5.28. The van der Waals surface area contributed by atoms with Crippen molar-refractivity contribution in [2.24, 2.45) is 0 Å². The van der Waals surface area contributed by atoms with Crippen LogP contribution in [0.1, 0.15) is 16.8 Å². The fourth-order valence-corrected chi connectivity index (χ4v) is 2.68. The van der Waals surface area contributed by atoms with Crippen LogP contribution < -0.4 is 10.2 Å². The molecule has 0 saturated carbocycles. The molecule has 0 radical (unpaired) electrons. The summed E-state index contributed by atoms with van der Waals surface area (Å²) in [7, 11) is 2.04. The van der Waals surface area contributed by atoms with Crippen molar-refractivity contribution in [1.82, 2.24) is 4.90 Å². The molecule has 2 aliphatic rings. The topological polar surface area (TPSA) is 52.7 Å². The Bertz CT molecular complexity index is 588. The van der Waals surface area contributed by atoms with Gasteiger partial charge in [0.05, 0.1) is 16.9 Å². The van der Waals surface area contributed by atoms with Crippen LogP contribution in [0.25, 0.3) is 0 Å². The predicted molar refractivity (Wildman–Crippen MR) is 73.7 cm³/mol. The van der Waals surface area contributed by atoms with Gasteiger partial charge < -0.3 is 15.1 Å². The van der Waals surface area contributed by atoms with Gasteiger partial charge in [-0.25, -0.2) is 4.39 Å². The summed E-state index contributed by atoms with van der Waals surface area (Å²) in [5, 5.41) is 2.49. The monoisotopic (exact) mass is 277 g/mol. The van der Waals surface area contributed by atoms with Crippen LogP contribution in [0.15, 0.2) is 12.1 Å². The van der Waals surface area contributed by atoms with Crippen LogP contribution in [-0.2, 0) is 4.79 Å². The highest BCUT2D eigenvalue weighted by Crippen LogP contribution is 2.31. The quantitative estimate of drug-likeness (QED) is 0.781. The first-order valence-corrected chi connectivity index (χ1v) is 6.69. The van der Waals surface area contributed by atoms with Gasteiger partial charge in [0.2, 0.25) is 0 Å². The number of nitrogens with zero attached hydrogens (tertiary/aromatic N) is 2. The molecule has 1 N–H and O–H groups in total. The Morgan fingerprint density at radius 1 is 1.15 bits per heavy atom. The molecule has 1 aromatic rings. The van der Waals surface area contributed by atoms with Gasteiger partial charge in [0, 0.05) is 19.6 Å². The summed E-state index contributed by atoms with van der Waals surface area (Å²) in [5.41, 5.74) is 0.992. The van der Waals surface area contributed by atoms with Gasteiger partial charge >= 0.3 is 0 Å². The Balaban J connectivity index is 1.93. The zero-order chi connectivity index (χ0) is 14.3. The van der Waals surface area contributed by atoms with Crippen molar-refractivity contribution >= 4 is 23.1 Å². The van der Waals surface area contributed by atoms with Crippen LogP contribution >= 0.6 is 0 Å². The van der Waals surface area contributed by atoms with Gasteiger partial charge in [-0.2, -0.15) is 0 Å². The first kappa shape index (κ1) is 13.1. The van der Waals surface area contributed by atoms with Gasteiger partial charge in [-0.3, -0.25) is 9.59 Å². The maximum absolute atomic E-state index is 14.2. The lowest BCUT2D eigenvalue weighted by molar-refractivity contribution is -0.112. The first-order chi connectivity index (χ1) is 9.56. The number of hydrogen-bond donors (Lipinski definition) is 1. The van der Waals surface area contributed by atoms with E-state index in [0.717, 1.165) is 32.6 Å². The normalized spacial score (nSPS) is 19.8. The van der Waals surface area contributed by atoms with E-state index in [1.165, 1.54) is 6.07 Å². The Morgan fingerprint density at radius 3 is 2.75 bits per heavy atom. The van der Waals surface area contributed by atoms with Gasteiger partial charge in [0.25, 0.3) is 11.7 Å². The number of Topliss-reactive ketones (excluding diaryl/α,β-unsaturated/α-hetero) is 1. The maximum Gasteiger partial charge on any atom is 0.296 e. The second-order valence-electron chi connectivity index (χ2n) is 5.28. The molecule has 1 amide bonds. The molecule has 0 aliphatic carbocycles. The molecule has 1 aromatic carbocycles. The van der Waals surface area contributed by atoms with E-state index in [1.54, 1.807) is 6.07 Å². The number of fused-ring (bicyclic) bond motifs is 1. The van der Waals surface area contributed by atoms with Gasteiger partial charge in [-0.05, 0) is 32.1 Å². The molecule has 1 fully saturated rings. The van der Waals surface area contributed by atoms with Crippen molar-refractivity contribution < 1.29 is 14.0 Å². The van der Waals surface area contributed by atoms with E-state index in [4.69, 9.17) is 0 Å². The van der Waals surface area contributed by atoms with E-state index in [-0.39, 0.29) is 5.56 Å². The van der Waals surface area contributed by atoms with Gasteiger partial charge in [0.1, 0.15) is 5.82 Å². The van der Waals surface area contributed by atoms with Gasteiger partial charge in [-0.1, -0.05) is 0 Å². The fourth-order valence-electron chi connectivity index (χ4n) is 2.68. The number of anilines is 2. The average Bonchev–Trinajstić information content (AvgIpc) is 2.60. The largest absolute Gasteiger partial charge is 0.368 e. The average molecular weight is 277 g/mol. The molecule has 5 nitrogen and oxygen atoms in total. The number of carbonyl (C=O) groups is 2. The molecule has 0 unspecified atom stereocenters. The molecule has 2 heterocycles. The number of likely N-dealkylation sites (N-methyl/N-ethyl adjacent to an activating group) is 1. The molecule has 0 aromatic heterocycles. The summed E-state index contributed by atoms with van der Waals surface area (Å²) in [6.07, 6.45) is 0.957. The Hall–Kier alpha value is -1.95. The molecule has 2 aliphatic heterocycles. The molecule has 0 spiro atoms. The van der Waals surface area contributed by atoms with E-state index >= 15 is 0 Å². The predicted octanol–water partition coefficient (Wildman–Crippen LogP) is 1.10. The Labute approximate surface area is 116 Å². The molecule has 6 heteroatoms. The number of benzene rings is 1. The summed E-state index contributed by atoms with van der Waals surface area (Å²) >= 11 is 0. The zero-order valence-electron chi connectivity index (χ0n) is 11.3. The minimum absolute atomic E-state index is 0.128. The minimum atomic E-state index is -0.688. The van der Waals surface area contributed by atoms with Crippen molar-refractivity contribution in [1.29, 1.82) is 0 Å². The van der Waals surface area contributed by atoms with Crippen molar-refractivity contribution in [3.8, 4) is 0 Å². The van der Waals surface area contributed by atoms with E-state index in [0.29, 0.717) is 11.4 Å². The Kier molecular flexibility index (Phi) is 3.17. The molecule has 20 heavy (non-hydrogen) atoms. The molecular formula is C14H16FN3O2. The summed E-state index contributed by atoms with van der Waals surface area (Å²) in [5.74, 6) is -1.80. The minimum Gasteiger partial charge on any atom is -0.368 e. The van der Waals surface area contributed by atoms with Crippen molar-refractivity contribution in [3.63, 3.8) is 0 Å². The highest BCUT2D eigenvalue weighted by molar-refractivity contribution is 6.51. The van der Waals surface area contributed by atoms with Crippen LogP contribution in [0.3, 0.4) is 0 Å². The smallest absolute Gasteiger partial charge is 0.296 e. The zero-order valence-corrected chi connectivity index (χ0v) is 11.3. The van der Waals surface area contributed by atoms with Gasteiger partial charge in [-0.15, -0.1) is 0 Å². The van der Waals surface area contributed by atoms with E-state index in [1.807, 2.05) is 11.9 Å². The highest BCUT2D eigenvalue weighted by Gasteiger charge is 2.30. The number of halogens is 1. The lowest BCUT2D eigenvalue weighted by atomic mass is 10.1. The summed E-state index contributed by atoms with van der Waals surface area (Å²) in [4.78, 5) is 27.0. The summed E-state index contributed by atoms with van der Waals surface area (Å²) in [6.45, 7) is 3.34. The third-order valence-corrected chi connectivity index (χ3v) is 3.85. The van der Waals surface area contributed by atoms with Crippen LogP contribution in [0, 0.1) is 5.82 Å². The number of nitrogens with one attached hydrogen (secondary N) is 1. The summed E-state index contributed by atoms with van der Waals surface area (Å²) < 4.78 is 14.2. The standard InChI is InChI=1S/C14H16FN3O2/c1-17-3-2-4-18(6-5-17)12-8-11-9(7-10(12)15)13(19)14(20)16-11/h7-8H,2-6H2,1H3,(H,16,19,20). The van der Waals surface area contributed by atoms with E-state index < -0.39 is 17.5 Å². The lowest BCUT2D eigenvalue weighted by Crippen LogP contribution is -2.29. The number of carbonyl (C=O) groups excluding carboxylic acids is 2. The fraction of sp³-hybridized carbons (Fsp3) is 0.429. The van der Waals surface area contributed by atoms with Crippen LogP contribution in [-0.4, -0.2) is 49.8 Å². The molecule has 3 rings (SSSR count).